The number of carboxylic acids is 1. The Morgan fingerprint density at radius 3 is 2.67 bits per heavy atom. The molecule has 0 spiro atoms. The molecule has 1 aliphatic heterocycles. The Hall–Kier alpha value is -3.86. The number of hydrogen-bond donors (Lipinski definition) is 3. The molecule has 0 unspecified atom stereocenters. The van der Waals surface area contributed by atoms with Crippen molar-refractivity contribution in [3.05, 3.63) is 64.4 Å². The summed E-state index contributed by atoms with van der Waals surface area (Å²) in [6.07, 6.45) is -5.01. The minimum atomic E-state index is -4.57. The summed E-state index contributed by atoms with van der Waals surface area (Å²) in [4.78, 5) is 38.8. The number of aromatic amines is 1. The van der Waals surface area contributed by atoms with Crippen LogP contribution in [-0.2, 0) is 20.5 Å². The number of aliphatic carboxylic acids is 1. The molecular weight excluding hydrogens is 443 g/mol. The van der Waals surface area contributed by atoms with E-state index in [9.17, 15) is 27.6 Å². The summed E-state index contributed by atoms with van der Waals surface area (Å²) in [5.74, 6) is -2.71. The molecule has 172 valence electrons. The highest BCUT2D eigenvalue weighted by Gasteiger charge is 2.33. The van der Waals surface area contributed by atoms with Gasteiger partial charge >= 0.3 is 18.1 Å². The van der Waals surface area contributed by atoms with Gasteiger partial charge in [-0.3, -0.25) is 9.59 Å². The van der Waals surface area contributed by atoms with Crippen LogP contribution in [-0.4, -0.2) is 47.9 Å². The first kappa shape index (κ1) is 22.3. The second-order valence-electron chi connectivity index (χ2n) is 7.48. The molecule has 1 atom stereocenters. The lowest BCUT2D eigenvalue weighted by Crippen LogP contribution is -2.38. The topological polar surface area (TPSA) is 112 Å². The van der Waals surface area contributed by atoms with Gasteiger partial charge in [-0.15, -0.1) is 0 Å². The lowest BCUT2D eigenvalue weighted by molar-refractivity contribution is -0.150. The maximum atomic E-state index is 13.4. The molecule has 8 nitrogen and oxygen atoms in total. The van der Waals surface area contributed by atoms with Gasteiger partial charge in [-0.1, -0.05) is 24.3 Å². The smallest absolute Gasteiger partial charge is 0.417 e. The molecule has 0 radical (unpaired) electrons. The first-order valence-corrected chi connectivity index (χ1v) is 9.85. The molecule has 1 saturated heterocycles. The largest absolute Gasteiger partial charge is 0.474 e. The lowest BCUT2D eigenvalue weighted by atomic mass is 10.0. The van der Waals surface area contributed by atoms with Gasteiger partial charge in [0.25, 0.3) is 5.56 Å². The Labute approximate surface area is 184 Å². The number of pyridine rings is 1. The van der Waals surface area contributed by atoms with Crippen LogP contribution in [0, 0.1) is 0 Å². The summed E-state index contributed by atoms with van der Waals surface area (Å²) in [5.41, 5.74) is -0.790. The number of H-pyrrole nitrogens is 1. The molecule has 1 aliphatic rings. The molecule has 3 aromatic rings. The highest BCUT2D eigenvalue weighted by Crippen LogP contribution is 2.36. The van der Waals surface area contributed by atoms with E-state index in [1.165, 1.54) is 24.3 Å². The quantitative estimate of drug-likeness (QED) is 0.515. The van der Waals surface area contributed by atoms with Crippen LogP contribution in [0.5, 0.6) is 0 Å². The summed E-state index contributed by atoms with van der Waals surface area (Å²) in [7, 11) is 0. The second kappa shape index (κ2) is 8.58. The van der Waals surface area contributed by atoms with Crippen LogP contribution in [0.1, 0.15) is 5.56 Å². The molecule has 11 heteroatoms. The highest BCUT2D eigenvalue weighted by molar-refractivity contribution is 6.31. The molecule has 1 aromatic heterocycles. The van der Waals surface area contributed by atoms with E-state index in [0.717, 1.165) is 6.07 Å². The van der Waals surface area contributed by atoms with E-state index >= 15 is 0 Å². The van der Waals surface area contributed by atoms with Crippen LogP contribution in [0.15, 0.2) is 53.3 Å². The van der Waals surface area contributed by atoms with Gasteiger partial charge in [0, 0.05) is 35.4 Å². The summed E-state index contributed by atoms with van der Waals surface area (Å²) in [5, 5.41) is 11.6. The van der Waals surface area contributed by atoms with Crippen molar-refractivity contribution in [2.75, 3.05) is 24.7 Å². The molecule has 1 fully saturated rings. The molecule has 4 rings (SSSR count). The van der Waals surface area contributed by atoms with Crippen LogP contribution < -0.4 is 15.8 Å². The number of alkyl halides is 3. The van der Waals surface area contributed by atoms with Gasteiger partial charge in [-0.25, -0.2) is 4.79 Å². The maximum absolute atomic E-state index is 13.4. The Morgan fingerprint density at radius 2 is 1.94 bits per heavy atom. The van der Waals surface area contributed by atoms with Gasteiger partial charge < -0.3 is 25.0 Å². The monoisotopic (exact) mass is 461 g/mol. The molecule has 1 amide bonds. The third-order valence-corrected chi connectivity index (χ3v) is 5.29. The van der Waals surface area contributed by atoms with Crippen molar-refractivity contribution < 1.29 is 32.6 Å². The fourth-order valence-corrected chi connectivity index (χ4v) is 3.69. The average Bonchev–Trinajstić information content (AvgIpc) is 3.25. The number of hydrogen-bond acceptors (Lipinski definition) is 5. The van der Waals surface area contributed by atoms with Crippen LogP contribution in [0.4, 0.5) is 18.9 Å². The molecule has 0 aliphatic carbocycles. The van der Waals surface area contributed by atoms with Gasteiger partial charge in [-0.2, -0.15) is 13.2 Å². The van der Waals surface area contributed by atoms with Crippen molar-refractivity contribution >= 4 is 28.3 Å². The number of nitrogens with zero attached hydrogens (tertiary/aromatic N) is 1. The number of amides is 1. The van der Waals surface area contributed by atoms with E-state index in [-0.39, 0.29) is 24.5 Å². The Bertz CT molecular complexity index is 1290. The SMILES string of the molecule is O=C(O)C(=O)NC[C@@H]1CN(c2ccc3cc(-c4ccccc4C(F)(F)F)[nH]c(=O)c3c2)CO1. The van der Waals surface area contributed by atoms with Gasteiger partial charge in [0.2, 0.25) is 0 Å². The highest BCUT2D eigenvalue weighted by atomic mass is 19.4. The number of halogens is 3. The number of ether oxygens (including phenoxy) is 1. The zero-order valence-corrected chi connectivity index (χ0v) is 17.0. The summed E-state index contributed by atoms with van der Waals surface area (Å²) in [6.45, 7) is 0.520. The normalized spacial score (nSPS) is 16.2. The van der Waals surface area contributed by atoms with Crippen molar-refractivity contribution in [1.29, 1.82) is 0 Å². The van der Waals surface area contributed by atoms with Crippen molar-refractivity contribution in [1.82, 2.24) is 10.3 Å². The van der Waals surface area contributed by atoms with Gasteiger partial charge in [0.1, 0.15) is 6.73 Å². The Kier molecular flexibility index (Phi) is 5.81. The third-order valence-electron chi connectivity index (χ3n) is 5.29. The molecule has 3 N–H and O–H groups in total. The van der Waals surface area contributed by atoms with Gasteiger partial charge in [0.15, 0.2) is 0 Å². The first-order valence-electron chi connectivity index (χ1n) is 9.85. The number of rotatable bonds is 4. The standard InChI is InChI=1S/C22H18F3N3O5/c23-22(24,25)17-4-2-1-3-15(17)18-7-12-5-6-13(8-16(12)19(29)27-18)28-10-14(33-11-28)9-26-20(30)21(31)32/h1-8,14H,9-11H2,(H,26,30)(H,27,29)(H,31,32)/t14-/m1/s1. The predicted molar refractivity (Wildman–Crippen MR) is 113 cm³/mol. The minimum absolute atomic E-state index is 0.0117. The summed E-state index contributed by atoms with van der Waals surface area (Å²) < 4.78 is 45.7. The summed E-state index contributed by atoms with van der Waals surface area (Å²) >= 11 is 0. The zero-order valence-electron chi connectivity index (χ0n) is 17.0. The van der Waals surface area contributed by atoms with E-state index in [0.29, 0.717) is 23.0 Å². The third kappa shape index (κ3) is 4.67. The van der Waals surface area contributed by atoms with Crippen LogP contribution >= 0.6 is 0 Å². The lowest BCUT2D eigenvalue weighted by Gasteiger charge is -2.17. The number of carbonyl (C=O) groups excluding carboxylic acids is 1. The van der Waals surface area contributed by atoms with E-state index in [1.54, 1.807) is 23.1 Å². The second-order valence-corrected chi connectivity index (χ2v) is 7.48. The first-order chi connectivity index (χ1) is 15.6. The van der Waals surface area contributed by atoms with Gasteiger partial charge in [0.05, 0.1) is 11.7 Å². The van der Waals surface area contributed by atoms with Crippen LogP contribution in [0.2, 0.25) is 0 Å². The zero-order chi connectivity index (χ0) is 23.8. The molecule has 0 bridgehead atoms. The van der Waals surface area contributed by atoms with Crippen molar-refractivity contribution in [2.24, 2.45) is 0 Å². The Morgan fingerprint density at radius 1 is 1.18 bits per heavy atom. The summed E-state index contributed by atoms with van der Waals surface area (Å²) in [6, 6.07) is 11.5. The number of fused-ring (bicyclic) bond motifs is 1. The van der Waals surface area contributed by atoms with E-state index in [4.69, 9.17) is 9.84 Å². The number of anilines is 1. The molecule has 33 heavy (non-hydrogen) atoms. The van der Waals surface area contributed by atoms with E-state index < -0.39 is 35.3 Å². The van der Waals surface area contributed by atoms with Crippen molar-refractivity contribution in [3.8, 4) is 11.3 Å². The van der Waals surface area contributed by atoms with Crippen LogP contribution in [0.3, 0.4) is 0 Å². The average molecular weight is 461 g/mol. The Balaban J connectivity index is 1.58. The van der Waals surface area contributed by atoms with Crippen molar-refractivity contribution in [3.63, 3.8) is 0 Å². The molecule has 2 heterocycles. The number of nitrogens with one attached hydrogen (secondary N) is 2. The number of benzene rings is 2. The molecule has 0 saturated carbocycles. The fourth-order valence-electron chi connectivity index (χ4n) is 3.69. The predicted octanol–water partition coefficient (Wildman–Crippen LogP) is 2.58. The fraction of sp³-hybridized carbons (Fsp3) is 0.227. The number of aromatic nitrogens is 1. The van der Waals surface area contributed by atoms with E-state index in [2.05, 4.69) is 10.3 Å². The minimum Gasteiger partial charge on any atom is -0.474 e. The number of carbonyl (C=O) groups is 2. The van der Waals surface area contributed by atoms with Crippen molar-refractivity contribution in [2.45, 2.75) is 12.3 Å². The number of carboxylic acid groups (broad SMARTS) is 1. The molecule has 2 aromatic carbocycles. The van der Waals surface area contributed by atoms with Gasteiger partial charge in [-0.05, 0) is 29.7 Å². The van der Waals surface area contributed by atoms with Crippen LogP contribution in [0.25, 0.3) is 22.0 Å². The maximum Gasteiger partial charge on any atom is 0.417 e. The molecular formula is C22H18F3N3O5. The van der Waals surface area contributed by atoms with E-state index in [1.807, 2.05) is 0 Å².